The summed E-state index contributed by atoms with van der Waals surface area (Å²) in [6, 6.07) is 2.72. The molecule has 7 N–H and O–H groups in total. The van der Waals surface area contributed by atoms with Crippen molar-refractivity contribution in [3.63, 3.8) is 0 Å². The Morgan fingerprint density at radius 2 is 1.89 bits per heavy atom. The van der Waals surface area contributed by atoms with E-state index in [1.165, 1.54) is 4.90 Å². The smallest absolute Gasteiger partial charge is 0.326 e. The first-order valence-electron chi connectivity index (χ1n) is 12.3. The maximum absolute atomic E-state index is 13.1. The molecule has 12 nitrogen and oxygen atoms in total. The van der Waals surface area contributed by atoms with Gasteiger partial charge in [0.15, 0.2) is 0 Å². The molecule has 0 radical (unpaired) electrons. The van der Waals surface area contributed by atoms with Crippen molar-refractivity contribution in [1.29, 1.82) is 0 Å². The Balaban J connectivity index is 1.70. The molecule has 1 aromatic heterocycles. The number of rotatable bonds is 13. The fourth-order valence-electron chi connectivity index (χ4n) is 4.53. The number of hydrogen-bond acceptors (Lipinski definition) is 7. The van der Waals surface area contributed by atoms with Crippen LogP contribution < -0.4 is 16.4 Å². The number of aromatic amines is 1. The number of carboxylic acids is 2. The monoisotopic (exact) mass is 547 g/mol. The predicted molar refractivity (Wildman–Crippen MR) is 141 cm³/mol. The third-order valence-electron chi connectivity index (χ3n) is 6.51. The van der Waals surface area contributed by atoms with Gasteiger partial charge in [0.25, 0.3) is 0 Å². The van der Waals surface area contributed by atoms with Crippen LogP contribution in [0, 0.1) is 0 Å². The van der Waals surface area contributed by atoms with Gasteiger partial charge in [0.2, 0.25) is 17.7 Å². The molecule has 0 spiro atoms. The summed E-state index contributed by atoms with van der Waals surface area (Å²) in [5.41, 5.74) is 7.46. The van der Waals surface area contributed by atoms with Gasteiger partial charge in [-0.05, 0) is 42.9 Å². The lowest BCUT2D eigenvalue weighted by Gasteiger charge is -2.28. The van der Waals surface area contributed by atoms with E-state index in [-0.39, 0.29) is 12.3 Å². The van der Waals surface area contributed by atoms with E-state index in [0.29, 0.717) is 37.1 Å². The second-order valence-corrected chi connectivity index (χ2v) is 10.2. The summed E-state index contributed by atoms with van der Waals surface area (Å²) in [4.78, 5) is 66.7. The predicted octanol–water partition coefficient (Wildman–Crippen LogP) is 0.311. The number of carboxylic acid groups (broad SMARTS) is 2. The van der Waals surface area contributed by atoms with Crippen LogP contribution in [-0.4, -0.2) is 92.5 Å². The molecule has 2 heterocycles. The van der Waals surface area contributed by atoms with Crippen LogP contribution in [0.3, 0.4) is 0 Å². The number of aliphatic carboxylic acids is 2. The highest BCUT2D eigenvalue weighted by molar-refractivity contribution is 7.98. The van der Waals surface area contributed by atoms with E-state index in [4.69, 9.17) is 5.73 Å². The molecule has 13 heteroatoms. The number of carbonyl (C=O) groups excluding carboxylic acids is 3. The third-order valence-corrected chi connectivity index (χ3v) is 7.16. The molecule has 0 bridgehead atoms. The maximum atomic E-state index is 13.1. The van der Waals surface area contributed by atoms with Crippen LogP contribution in [0.2, 0.25) is 0 Å². The zero-order valence-corrected chi connectivity index (χ0v) is 21.8. The Kier molecular flexibility index (Phi) is 10.1. The second-order valence-electron chi connectivity index (χ2n) is 9.20. The van der Waals surface area contributed by atoms with E-state index in [2.05, 4.69) is 15.6 Å². The largest absolute Gasteiger partial charge is 0.481 e. The minimum absolute atomic E-state index is 0.0579. The standard InChI is InChI=1S/C25H33N5O7S/c1-38-10-8-16(26)24(35)30-9-4-7-20(30)23(34)28-18(12-21(31)32)22(33)29-19(25(36)37)11-14-13-27-17-6-3-2-5-15(14)17/h2-3,5-6,13,16,18-20,27H,4,7-12,26H2,1H3,(H,28,34)(H,29,33)(H,31,32)(H,36,37). The van der Waals surface area contributed by atoms with Gasteiger partial charge in [0.05, 0.1) is 12.5 Å². The van der Waals surface area contributed by atoms with Gasteiger partial charge in [-0.2, -0.15) is 11.8 Å². The maximum Gasteiger partial charge on any atom is 0.326 e. The Bertz CT molecular complexity index is 1190. The molecule has 0 aliphatic carbocycles. The van der Waals surface area contributed by atoms with Gasteiger partial charge in [0, 0.05) is 30.1 Å². The Morgan fingerprint density at radius 1 is 1.16 bits per heavy atom. The Morgan fingerprint density at radius 3 is 2.58 bits per heavy atom. The molecular formula is C25H33N5O7S. The lowest BCUT2D eigenvalue weighted by Crippen LogP contribution is -2.57. The quantitative estimate of drug-likeness (QED) is 0.205. The number of likely N-dealkylation sites (tertiary alicyclic amines) is 1. The first-order valence-corrected chi connectivity index (χ1v) is 13.7. The van der Waals surface area contributed by atoms with Gasteiger partial charge >= 0.3 is 11.9 Å². The molecule has 3 amide bonds. The number of nitrogens with two attached hydrogens (primary N) is 1. The first kappa shape index (κ1) is 29.0. The average Bonchev–Trinajstić information content (AvgIpc) is 3.53. The molecule has 1 aliphatic rings. The molecule has 1 aliphatic heterocycles. The van der Waals surface area contributed by atoms with Crippen LogP contribution in [0.1, 0.15) is 31.2 Å². The van der Waals surface area contributed by atoms with E-state index < -0.39 is 54.3 Å². The summed E-state index contributed by atoms with van der Waals surface area (Å²) < 4.78 is 0. The molecule has 38 heavy (non-hydrogen) atoms. The van der Waals surface area contributed by atoms with Gasteiger partial charge in [-0.3, -0.25) is 19.2 Å². The number of hydrogen-bond donors (Lipinski definition) is 6. The minimum Gasteiger partial charge on any atom is -0.481 e. The molecule has 2 aromatic rings. The SMILES string of the molecule is CSCCC(N)C(=O)N1CCCC1C(=O)NC(CC(=O)O)C(=O)NC(Cc1c[nH]c2ccccc12)C(=O)O. The Hall–Kier alpha value is -3.58. The lowest BCUT2D eigenvalue weighted by atomic mass is 10.0. The van der Waals surface area contributed by atoms with Gasteiger partial charge in [-0.15, -0.1) is 0 Å². The zero-order chi connectivity index (χ0) is 27.8. The van der Waals surface area contributed by atoms with E-state index in [9.17, 15) is 34.2 Å². The average molecular weight is 548 g/mol. The van der Waals surface area contributed by atoms with Crippen LogP contribution in [0.15, 0.2) is 30.5 Å². The number of aromatic nitrogens is 1. The third kappa shape index (κ3) is 7.25. The van der Waals surface area contributed by atoms with Crippen molar-refractivity contribution in [2.24, 2.45) is 5.73 Å². The first-order chi connectivity index (χ1) is 18.1. The lowest BCUT2D eigenvalue weighted by molar-refractivity contribution is -0.144. The van der Waals surface area contributed by atoms with Crippen molar-refractivity contribution < 1.29 is 34.2 Å². The molecule has 1 aromatic carbocycles. The summed E-state index contributed by atoms with van der Waals surface area (Å²) in [7, 11) is 0. The van der Waals surface area contributed by atoms with Crippen molar-refractivity contribution >= 4 is 52.3 Å². The fraction of sp³-hybridized carbons (Fsp3) is 0.480. The molecule has 1 fully saturated rings. The van der Waals surface area contributed by atoms with E-state index in [1.807, 2.05) is 24.5 Å². The molecular weight excluding hydrogens is 514 g/mol. The molecule has 3 rings (SSSR count). The van der Waals surface area contributed by atoms with Crippen molar-refractivity contribution in [2.45, 2.75) is 56.3 Å². The molecule has 0 saturated carbocycles. The topological polar surface area (TPSA) is 195 Å². The number of nitrogens with one attached hydrogen (secondary N) is 3. The van der Waals surface area contributed by atoms with Gasteiger partial charge in [0.1, 0.15) is 18.1 Å². The molecule has 4 unspecified atom stereocenters. The fourth-order valence-corrected chi connectivity index (χ4v) is 5.02. The van der Waals surface area contributed by atoms with Crippen LogP contribution in [-0.2, 0) is 30.4 Å². The normalized spacial score (nSPS) is 17.5. The van der Waals surface area contributed by atoms with Crippen LogP contribution in [0.5, 0.6) is 0 Å². The number of amides is 3. The van der Waals surface area contributed by atoms with E-state index in [0.717, 1.165) is 10.9 Å². The molecule has 206 valence electrons. The zero-order valence-electron chi connectivity index (χ0n) is 21.0. The number of nitrogens with zero attached hydrogens (tertiary/aromatic N) is 1. The summed E-state index contributed by atoms with van der Waals surface area (Å²) in [6.45, 7) is 0.325. The number of carbonyl (C=O) groups is 5. The highest BCUT2D eigenvalue weighted by atomic mass is 32.2. The number of thioether (sulfide) groups is 1. The van der Waals surface area contributed by atoms with Crippen LogP contribution in [0.25, 0.3) is 10.9 Å². The summed E-state index contributed by atoms with van der Waals surface area (Å²) >= 11 is 1.55. The minimum atomic E-state index is -1.53. The highest BCUT2D eigenvalue weighted by Crippen LogP contribution is 2.21. The van der Waals surface area contributed by atoms with Gasteiger partial charge in [-0.1, -0.05) is 18.2 Å². The number of H-pyrrole nitrogens is 1. The molecule has 4 atom stereocenters. The van der Waals surface area contributed by atoms with Crippen LogP contribution in [0.4, 0.5) is 0 Å². The number of benzene rings is 1. The van der Waals surface area contributed by atoms with Crippen LogP contribution >= 0.6 is 11.8 Å². The van der Waals surface area contributed by atoms with E-state index in [1.54, 1.807) is 24.0 Å². The molecule has 1 saturated heterocycles. The number of para-hydroxylation sites is 1. The summed E-state index contributed by atoms with van der Waals surface area (Å²) in [6.07, 6.45) is 4.07. The summed E-state index contributed by atoms with van der Waals surface area (Å²) in [5.74, 6) is -3.98. The Labute approximate surface area is 223 Å². The van der Waals surface area contributed by atoms with Crippen molar-refractivity contribution in [3.8, 4) is 0 Å². The summed E-state index contributed by atoms with van der Waals surface area (Å²) in [5, 5.41) is 24.7. The van der Waals surface area contributed by atoms with Gasteiger partial charge in [-0.25, -0.2) is 4.79 Å². The van der Waals surface area contributed by atoms with Crippen molar-refractivity contribution in [1.82, 2.24) is 20.5 Å². The van der Waals surface area contributed by atoms with Gasteiger partial charge < -0.3 is 36.5 Å². The second kappa shape index (κ2) is 13.3. The van der Waals surface area contributed by atoms with Crippen molar-refractivity contribution in [2.75, 3.05) is 18.6 Å². The number of fused-ring (bicyclic) bond motifs is 1. The highest BCUT2D eigenvalue weighted by Gasteiger charge is 2.38. The van der Waals surface area contributed by atoms with Crippen molar-refractivity contribution in [3.05, 3.63) is 36.0 Å². The van der Waals surface area contributed by atoms with E-state index >= 15 is 0 Å².